The molecule has 0 amide bonds. The fraction of sp³-hybridized carbons (Fsp3) is 0.316. The van der Waals surface area contributed by atoms with Gasteiger partial charge in [-0.25, -0.2) is 0 Å². The Labute approximate surface area is 132 Å². The maximum absolute atomic E-state index is 9.15. The molecule has 1 aliphatic heterocycles. The fourth-order valence-corrected chi connectivity index (χ4v) is 3.47. The number of rotatable bonds is 2. The molecular weight excluding hydrogens is 270 g/mol. The van der Waals surface area contributed by atoms with E-state index in [2.05, 4.69) is 49.2 Å². The van der Waals surface area contributed by atoms with Crippen molar-refractivity contribution in [2.75, 3.05) is 20.1 Å². The summed E-state index contributed by atoms with van der Waals surface area (Å²) in [6.45, 7) is 3.67. The molecule has 2 aromatic rings. The highest BCUT2D eigenvalue weighted by Gasteiger charge is 2.31. The SMILES string of the molecule is Cc1ccc2c(c1)C(c1cccc(C#N)c1)CN(C)C2CN. The number of aryl methyl sites for hydroxylation is 1. The quantitative estimate of drug-likeness (QED) is 0.925. The molecule has 2 unspecified atom stereocenters. The third-order valence-electron chi connectivity index (χ3n) is 4.62. The zero-order chi connectivity index (χ0) is 15.7. The van der Waals surface area contributed by atoms with E-state index in [9.17, 15) is 0 Å². The van der Waals surface area contributed by atoms with Crippen LogP contribution < -0.4 is 5.73 Å². The van der Waals surface area contributed by atoms with Crippen LogP contribution in [0.5, 0.6) is 0 Å². The molecule has 3 nitrogen and oxygen atoms in total. The summed E-state index contributed by atoms with van der Waals surface area (Å²) in [6.07, 6.45) is 0. The minimum Gasteiger partial charge on any atom is -0.329 e. The molecule has 0 bridgehead atoms. The number of nitriles is 1. The van der Waals surface area contributed by atoms with Crippen LogP contribution in [0.15, 0.2) is 42.5 Å². The van der Waals surface area contributed by atoms with Crippen molar-refractivity contribution in [2.24, 2.45) is 5.73 Å². The van der Waals surface area contributed by atoms with E-state index in [1.165, 1.54) is 22.3 Å². The van der Waals surface area contributed by atoms with Crippen LogP contribution in [0.3, 0.4) is 0 Å². The summed E-state index contributed by atoms with van der Waals surface area (Å²) in [7, 11) is 2.13. The van der Waals surface area contributed by atoms with Gasteiger partial charge in [-0.05, 0) is 42.8 Å². The molecule has 0 aliphatic carbocycles. The van der Waals surface area contributed by atoms with Crippen molar-refractivity contribution in [3.8, 4) is 6.07 Å². The lowest BCUT2D eigenvalue weighted by molar-refractivity contribution is 0.223. The van der Waals surface area contributed by atoms with Crippen LogP contribution in [0, 0.1) is 18.3 Å². The number of nitrogens with zero attached hydrogens (tertiary/aromatic N) is 2. The van der Waals surface area contributed by atoms with Gasteiger partial charge in [-0.3, -0.25) is 4.90 Å². The van der Waals surface area contributed by atoms with Crippen LogP contribution in [0.4, 0.5) is 0 Å². The lowest BCUT2D eigenvalue weighted by Gasteiger charge is -2.39. The first kappa shape index (κ1) is 14.8. The van der Waals surface area contributed by atoms with Crippen molar-refractivity contribution in [2.45, 2.75) is 18.9 Å². The van der Waals surface area contributed by atoms with E-state index in [-0.39, 0.29) is 12.0 Å². The minimum atomic E-state index is 0.269. The Balaban J connectivity index is 2.13. The van der Waals surface area contributed by atoms with Gasteiger partial charge in [0.05, 0.1) is 11.6 Å². The normalized spacial score (nSPS) is 21.2. The van der Waals surface area contributed by atoms with E-state index in [0.717, 1.165) is 12.1 Å². The second-order valence-corrected chi connectivity index (χ2v) is 6.11. The van der Waals surface area contributed by atoms with Gasteiger partial charge in [0.1, 0.15) is 0 Å². The molecule has 2 aromatic carbocycles. The largest absolute Gasteiger partial charge is 0.329 e. The first-order chi connectivity index (χ1) is 10.6. The average Bonchev–Trinajstić information content (AvgIpc) is 2.54. The highest BCUT2D eigenvalue weighted by atomic mass is 15.1. The molecule has 112 valence electrons. The first-order valence-corrected chi connectivity index (χ1v) is 7.65. The summed E-state index contributed by atoms with van der Waals surface area (Å²) < 4.78 is 0. The summed E-state index contributed by atoms with van der Waals surface area (Å²) in [5.74, 6) is 0.288. The van der Waals surface area contributed by atoms with E-state index < -0.39 is 0 Å². The number of nitrogens with two attached hydrogens (primary N) is 1. The predicted octanol–water partition coefficient (Wildman–Crippen LogP) is 2.94. The highest BCUT2D eigenvalue weighted by Crippen LogP contribution is 2.38. The summed E-state index contributed by atoms with van der Waals surface area (Å²) in [5.41, 5.74) is 11.8. The minimum absolute atomic E-state index is 0.269. The molecule has 2 N–H and O–H groups in total. The first-order valence-electron chi connectivity index (χ1n) is 7.65. The lowest BCUT2D eigenvalue weighted by Crippen LogP contribution is -2.39. The Kier molecular flexibility index (Phi) is 3.98. The van der Waals surface area contributed by atoms with Crippen molar-refractivity contribution >= 4 is 0 Å². The molecule has 1 heterocycles. The van der Waals surface area contributed by atoms with Gasteiger partial charge in [0.2, 0.25) is 0 Å². The molecule has 0 saturated heterocycles. The zero-order valence-electron chi connectivity index (χ0n) is 13.1. The van der Waals surface area contributed by atoms with Gasteiger partial charge in [-0.15, -0.1) is 0 Å². The van der Waals surface area contributed by atoms with Crippen molar-refractivity contribution < 1.29 is 0 Å². The zero-order valence-corrected chi connectivity index (χ0v) is 13.1. The smallest absolute Gasteiger partial charge is 0.0991 e. The molecule has 0 fully saturated rings. The van der Waals surface area contributed by atoms with E-state index in [1.807, 2.05) is 18.2 Å². The lowest BCUT2D eigenvalue weighted by atomic mass is 9.80. The van der Waals surface area contributed by atoms with Crippen LogP contribution in [0.2, 0.25) is 0 Å². The Hall–Kier alpha value is -2.15. The van der Waals surface area contributed by atoms with Gasteiger partial charge in [-0.2, -0.15) is 5.26 Å². The van der Waals surface area contributed by atoms with Crippen molar-refractivity contribution in [3.63, 3.8) is 0 Å². The molecular formula is C19H21N3. The predicted molar refractivity (Wildman–Crippen MR) is 88.6 cm³/mol. The van der Waals surface area contributed by atoms with Gasteiger partial charge in [-0.1, -0.05) is 35.9 Å². The number of hydrogen-bond acceptors (Lipinski definition) is 3. The molecule has 2 atom stereocenters. The van der Waals surface area contributed by atoms with Crippen LogP contribution >= 0.6 is 0 Å². The van der Waals surface area contributed by atoms with Crippen molar-refractivity contribution in [1.29, 1.82) is 5.26 Å². The van der Waals surface area contributed by atoms with E-state index in [4.69, 9.17) is 11.0 Å². The van der Waals surface area contributed by atoms with E-state index >= 15 is 0 Å². The molecule has 0 saturated carbocycles. The Morgan fingerprint density at radius 1 is 1.23 bits per heavy atom. The van der Waals surface area contributed by atoms with Crippen molar-refractivity contribution in [3.05, 3.63) is 70.3 Å². The van der Waals surface area contributed by atoms with Crippen LogP contribution in [0.25, 0.3) is 0 Å². The summed E-state index contributed by atoms with van der Waals surface area (Å²) >= 11 is 0. The Morgan fingerprint density at radius 2 is 2.05 bits per heavy atom. The topological polar surface area (TPSA) is 53.0 Å². The van der Waals surface area contributed by atoms with Crippen LogP contribution in [0.1, 0.15) is 39.8 Å². The van der Waals surface area contributed by atoms with Gasteiger partial charge < -0.3 is 5.73 Å². The molecule has 0 spiro atoms. The third-order valence-corrected chi connectivity index (χ3v) is 4.62. The highest BCUT2D eigenvalue weighted by molar-refractivity contribution is 5.46. The molecule has 0 radical (unpaired) electrons. The number of fused-ring (bicyclic) bond motifs is 1. The average molecular weight is 291 g/mol. The third kappa shape index (κ3) is 2.52. The molecule has 3 rings (SSSR count). The van der Waals surface area contributed by atoms with Gasteiger partial charge >= 0.3 is 0 Å². The van der Waals surface area contributed by atoms with E-state index in [0.29, 0.717) is 6.54 Å². The maximum atomic E-state index is 9.15. The van der Waals surface area contributed by atoms with Gasteiger partial charge in [0, 0.05) is 25.0 Å². The molecule has 0 aromatic heterocycles. The molecule has 1 aliphatic rings. The molecule has 22 heavy (non-hydrogen) atoms. The van der Waals surface area contributed by atoms with Crippen LogP contribution in [-0.2, 0) is 0 Å². The summed E-state index contributed by atoms with van der Waals surface area (Å²) in [4.78, 5) is 2.32. The van der Waals surface area contributed by atoms with Crippen LogP contribution in [-0.4, -0.2) is 25.0 Å². The second kappa shape index (κ2) is 5.92. The molecule has 3 heteroatoms. The maximum Gasteiger partial charge on any atom is 0.0991 e. The Morgan fingerprint density at radius 3 is 2.77 bits per heavy atom. The summed E-state index contributed by atoms with van der Waals surface area (Å²) in [6, 6.07) is 17.1. The fourth-order valence-electron chi connectivity index (χ4n) is 3.47. The summed E-state index contributed by atoms with van der Waals surface area (Å²) in [5, 5.41) is 9.15. The van der Waals surface area contributed by atoms with E-state index in [1.54, 1.807) is 0 Å². The number of hydrogen-bond donors (Lipinski definition) is 1. The van der Waals surface area contributed by atoms with Gasteiger partial charge in [0.15, 0.2) is 0 Å². The second-order valence-electron chi connectivity index (χ2n) is 6.11. The standard InChI is InChI=1S/C19H21N3/c1-13-6-7-16-17(8-13)18(12-22(2)19(16)11-21)15-5-3-4-14(9-15)10-20/h3-9,18-19H,11-12,21H2,1-2H3. The monoisotopic (exact) mass is 291 g/mol. The van der Waals surface area contributed by atoms with Gasteiger partial charge in [0.25, 0.3) is 0 Å². The van der Waals surface area contributed by atoms with Crippen molar-refractivity contribution in [1.82, 2.24) is 4.90 Å². The number of likely N-dealkylation sites (N-methyl/N-ethyl adjacent to an activating group) is 1. The number of benzene rings is 2. The Bertz CT molecular complexity index is 730.